The number of aliphatic hydroxyl groups is 1. The second-order valence-electron chi connectivity index (χ2n) is 9.63. The van der Waals surface area contributed by atoms with Gasteiger partial charge in [-0.15, -0.1) is 0 Å². The highest BCUT2D eigenvalue weighted by Crippen LogP contribution is 2.54. The topological polar surface area (TPSA) is 95.5 Å². The molecule has 2 aliphatic rings. The number of hydrogen-bond donors (Lipinski definition) is 3. The molecule has 4 rings (SSSR count). The van der Waals surface area contributed by atoms with Crippen molar-refractivity contribution in [2.75, 3.05) is 12.8 Å². The van der Waals surface area contributed by atoms with E-state index in [2.05, 4.69) is 5.32 Å². The summed E-state index contributed by atoms with van der Waals surface area (Å²) in [5, 5.41) is 14.6. The molecule has 1 heterocycles. The lowest BCUT2D eigenvalue weighted by Crippen LogP contribution is -2.76. The minimum absolute atomic E-state index is 0.0622. The molecule has 1 aliphatic carbocycles. The summed E-state index contributed by atoms with van der Waals surface area (Å²) in [7, 11) is -3.63. The number of nitrogens with one attached hydrogen (secondary N) is 2. The van der Waals surface area contributed by atoms with Crippen molar-refractivity contribution in [2.24, 2.45) is 0 Å². The average Bonchev–Trinajstić information content (AvgIpc) is 2.86. The quantitative estimate of drug-likeness (QED) is 0.432. The number of rotatable bonds is 5. The Balaban J connectivity index is 1.81. The maximum absolute atomic E-state index is 14.2. The van der Waals surface area contributed by atoms with E-state index in [0.29, 0.717) is 17.2 Å². The number of benzene rings is 2. The van der Waals surface area contributed by atoms with Gasteiger partial charge in [-0.2, -0.15) is 26.3 Å². The van der Waals surface area contributed by atoms with Crippen LogP contribution in [0, 0.1) is 0 Å². The maximum atomic E-state index is 14.2. The smallest absolute Gasteiger partial charge is 0.372 e. The van der Waals surface area contributed by atoms with E-state index >= 15 is 0 Å². The molecule has 2 aromatic rings. The number of halogens is 7. The molecule has 0 radical (unpaired) electrons. The molecule has 14 heteroatoms. The first-order chi connectivity index (χ1) is 18.4. The summed E-state index contributed by atoms with van der Waals surface area (Å²) in [6.45, 7) is 0.0722. The highest BCUT2D eigenvalue weighted by atomic mass is 35.5. The number of fused-ring (bicyclic) bond motifs is 1. The molecule has 1 aliphatic heterocycles. The monoisotopic (exact) mass is 608 g/mol. The first kappa shape index (κ1) is 30.1. The summed E-state index contributed by atoms with van der Waals surface area (Å²) in [4.78, 5) is 13.4. The highest BCUT2D eigenvalue weighted by molar-refractivity contribution is 7.90. The number of alkyl halides is 6. The van der Waals surface area contributed by atoms with Gasteiger partial charge < -0.3 is 15.7 Å². The van der Waals surface area contributed by atoms with Crippen molar-refractivity contribution >= 4 is 32.9 Å². The summed E-state index contributed by atoms with van der Waals surface area (Å²) in [6.07, 6.45) is -11.2. The van der Waals surface area contributed by atoms with Gasteiger partial charge in [-0.25, -0.2) is 8.42 Å². The molecular weight excluding hydrogens is 586 g/mol. The fraction of sp³-hybridized carbons (Fsp3) is 0.346. The van der Waals surface area contributed by atoms with Crippen LogP contribution in [0.1, 0.15) is 29.2 Å². The lowest BCUT2D eigenvalue weighted by atomic mass is 9.72. The van der Waals surface area contributed by atoms with E-state index in [4.69, 9.17) is 11.6 Å². The van der Waals surface area contributed by atoms with Crippen LogP contribution in [0.4, 0.5) is 26.3 Å². The molecule has 0 aromatic heterocycles. The average molecular weight is 609 g/mol. The second-order valence-corrected chi connectivity index (χ2v) is 12.1. The van der Waals surface area contributed by atoms with Gasteiger partial charge in [0.15, 0.2) is 9.84 Å². The van der Waals surface area contributed by atoms with Crippen LogP contribution < -0.4 is 10.6 Å². The van der Waals surface area contributed by atoms with Gasteiger partial charge in [0.05, 0.1) is 4.90 Å². The molecule has 216 valence electrons. The van der Waals surface area contributed by atoms with Crippen molar-refractivity contribution in [3.05, 3.63) is 82.4 Å². The molecule has 3 N–H and O–H groups in total. The number of allylic oxidation sites excluding steroid dienone is 2. The van der Waals surface area contributed by atoms with Crippen LogP contribution in [0.15, 0.2) is 70.6 Å². The van der Waals surface area contributed by atoms with E-state index < -0.39 is 56.7 Å². The maximum Gasteiger partial charge on any atom is 0.429 e. The van der Waals surface area contributed by atoms with Gasteiger partial charge in [0.1, 0.15) is 11.6 Å². The van der Waals surface area contributed by atoms with Gasteiger partial charge in [-0.05, 0) is 40.8 Å². The van der Waals surface area contributed by atoms with Crippen LogP contribution >= 0.6 is 11.6 Å². The largest absolute Gasteiger partial charge is 0.429 e. The van der Waals surface area contributed by atoms with Gasteiger partial charge in [-0.3, -0.25) is 4.79 Å². The molecule has 2 atom stereocenters. The Morgan fingerprint density at radius 2 is 1.70 bits per heavy atom. The summed E-state index contributed by atoms with van der Waals surface area (Å²) in [5.41, 5.74) is -7.85. The Bertz CT molecular complexity index is 1470. The van der Waals surface area contributed by atoms with Gasteiger partial charge in [0.25, 0.3) is 5.60 Å². The first-order valence-electron chi connectivity index (χ1n) is 11.8. The molecule has 2 aromatic carbocycles. The zero-order valence-corrected chi connectivity index (χ0v) is 22.3. The first-order valence-corrected chi connectivity index (χ1v) is 14.1. The van der Waals surface area contributed by atoms with Gasteiger partial charge in [0, 0.05) is 24.3 Å². The molecule has 1 amide bonds. The third kappa shape index (κ3) is 5.15. The third-order valence-electron chi connectivity index (χ3n) is 7.02. The molecule has 0 fully saturated rings. The number of sulfone groups is 1. The number of hydrogen-bond acceptors (Lipinski definition) is 5. The molecule has 2 unspecified atom stereocenters. The summed E-state index contributed by atoms with van der Waals surface area (Å²) >= 11 is 6.28. The van der Waals surface area contributed by atoms with Crippen molar-refractivity contribution in [1.29, 1.82) is 0 Å². The zero-order valence-electron chi connectivity index (χ0n) is 20.7. The van der Waals surface area contributed by atoms with Crippen molar-refractivity contribution in [1.82, 2.24) is 10.6 Å². The van der Waals surface area contributed by atoms with Crippen molar-refractivity contribution < 1.29 is 44.7 Å². The van der Waals surface area contributed by atoms with E-state index in [1.807, 2.05) is 5.32 Å². The van der Waals surface area contributed by atoms with Crippen molar-refractivity contribution in [3.8, 4) is 0 Å². The molecule has 0 saturated carbocycles. The summed E-state index contributed by atoms with van der Waals surface area (Å²) < 4.78 is 109. The molecule has 40 heavy (non-hydrogen) atoms. The Hall–Kier alpha value is -2.87. The van der Waals surface area contributed by atoms with Gasteiger partial charge >= 0.3 is 12.4 Å². The molecule has 0 bridgehead atoms. The molecular formula is C26H23ClF6N2O4S. The SMILES string of the molecule is CS(=O)(=O)c1ccc2c(c1)CCNC2C(=O)NC1(C(O)(C(F)(F)F)C(F)(F)F)C=CC(c2ccccc2)=C(Cl)C1. The van der Waals surface area contributed by atoms with E-state index in [0.717, 1.165) is 12.3 Å². The van der Waals surface area contributed by atoms with E-state index in [1.165, 1.54) is 18.2 Å². The Kier molecular flexibility index (Phi) is 7.67. The van der Waals surface area contributed by atoms with Crippen molar-refractivity contribution in [2.45, 2.75) is 47.3 Å². The Morgan fingerprint density at radius 1 is 1.07 bits per heavy atom. The van der Waals surface area contributed by atoms with Crippen LogP contribution in [0.3, 0.4) is 0 Å². The number of carbonyl (C=O) groups is 1. The lowest BCUT2D eigenvalue weighted by molar-refractivity contribution is -0.385. The fourth-order valence-electron chi connectivity index (χ4n) is 4.97. The predicted octanol–water partition coefficient (Wildman–Crippen LogP) is 4.60. The van der Waals surface area contributed by atoms with Gasteiger partial charge in [0.2, 0.25) is 5.91 Å². The Labute approximate surface area is 230 Å². The lowest BCUT2D eigenvalue weighted by Gasteiger charge is -2.48. The standard InChI is InChI=1S/C26H23ClF6N2O4S/c1-40(38,39)17-7-8-19-16(13-17)10-12-34-21(19)22(36)35-23(24(37,25(28,29)30)26(31,32)33)11-9-18(20(27)14-23)15-5-3-2-4-6-15/h2-9,11,13,21,34,37H,10,12,14H2,1H3,(H,35,36). The van der Waals surface area contributed by atoms with Crippen LogP contribution in [0.5, 0.6) is 0 Å². The fourth-order valence-corrected chi connectivity index (χ4v) is 6.03. The van der Waals surface area contributed by atoms with Crippen LogP contribution in [-0.4, -0.2) is 55.7 Å². The van der Waals surface area contributed by atoms with Crippen molar-refractivity contribution in [3.63, 3.8) is 0 Å². The van der Waals surface area contributed by atoms with Crippen LogP contribution in [0.25, 0.3) is 5.57 Å². The summed E-state index contributed by atoms with van der Waals surface area (Å²) in [5.74, 6) is -1.31. The normalized spacial score (nSPS) is 22.2. The van der Waals surface area contributed by atoms with Crippen LogP contribution in [-0.2, 0) is 21.1 Å². The Morgan fingerprint density at radius 3 is 2.25 bits per heavy atom. The minimum Gasteiger partial charge on any atom is -0.372 e. The van der Waals surface area contributed by atoms with E-state index in [1.54, 1.807) is 30.3 Å². The zero-order chi connectivity index (χ0) is 29.7. The number of amides is 1. The van der Waals surface area contributed by atoms with Gasteiger partial charge in [-0.1, -0.05) is 60.2 Å². The third-order valence-corrected chi connectivity index (χ3v) is 8.46. The predicted molar refractivity (Wildman–Crippen MR) is 135 cm³/mol. The molecule has 0 saturated heterocycles. The minimum atomic E-state index is -6.29. The molecule has 6 nitrogen and oxygen atoms in total. The van der Waals surface area contributed by atoms with Crippen LogP contribution in [0.2, 0.25) is 0 Å². The summed E-state index contributed by atoms with van der Waals surface area (Å²) in [6, 6.07) is 10.2. The second kappa shape index (κ2) is 10.2. The van der Waals surface area contributed by atoms with E-state index in [9.17, 15) is 44.7 Å². The number of carbonyl (C=O) groups excluding carboxylic acids is 1. The van der Waals surface area contributed by atoms with E-state index in [-0.39, 0.29) is 29.0 Å². The highest BCUT2D eigenvalue weighted by Gasteiger charge is 2.79. The molecule has 0 spiro atoms.